The van der Waals surface area contributed by atoms with Gasteiger partial charge in [-0.05, 0) is 47.5 Å². The number of hydrogen-bond donors (Lipinski definition) is 4. The SMILES string of the molecule is CCC(C)(OO)OOC(C)(CC)OO.O=C(O)c1cccc2ccccc12.O=C(O)c1cccc2ccccc12.[Co]. The third-order valence-corrected chi connectivity index (χ3v) is 6.10. The van der Waals surface area contributed by atoms with Crippen LogP contribution in [0.1, 0.15) is 61.3 Å². The molecule has 4 aromatic rings. The molecule has 2 unspecified atom stereocenters. The minimum Gasteiger partial charge on any atom is -0.478 e. The zero-order valence-electron chi connectivity index (χ0n) is 23.1. The predicted octanol–water partition coefficient (Wildman–Crippen LogP) is 7.24. The summed E-state index contributed by atoms with van der Waals surface area (Å²) >= 11 is 0. The van der Waals surface area contributed by atoms with Crippen molar-refractivity contribution in [2.24, 2.45) is 0 Å². The van der Waals surface area contributed by atoms with Gasteiger partial charge in [0.15, 0.2) is 0 Å². The van der Waals surface area contributed by atoms with Crippen molar-refractivity contribution >= 4 is 33.5 Å². The van der Waals surface area contributed by atoms with Crippen molar-refractivity contribution in [2.75, 3.05) is 0 Å². The zero-order valence-corrected chi connectivity index (χ0v) is 24.1. The normalized spacial score (nSPS) is 13.3. The summed E-state index contributed by atoms with van der Waals surface area (Å²) in [5, 5.41) is 38.3. The van der Waals surface area contributed by atoms with Gasteiger partial charge in [0, 0.05) is 29.6 Å². The van der Waals surface area contributed by atoms with Crippen LogP contribution in [0.15, 0.2) is 84.9 Å². The summed E-state index contributed by atoms with van der Waals surface area (Å²) < 4.78 is 0. The van der Waals surface area contributed by atoms with E-state index in [0.29, 0.717) is 24.0 Å². The van der Waals surface area contributed by atoms with E-state index in [1.165, 1.54) is 13.8 Å². The van der Waals surface area contributed by atoms with Crippen LogP contribution in [0.2, 0.25) is 0 Å². The minimum atomic E-state index is -1.27. The quantitative estimate of drug-likeness (QED) is 0.0863. The maximum absolute atomic E-state index is 10.8. The van der Waals surface area contributed by atoms with Crippen LogP contribution < -0.4 is 0 Å². The van der Waals surface area contributed by atoms with Crippen LogP contribution in [-0.2, 0) is 36.3 Å². The first-order valence-corrected chi connectivity index (χ1v) is 12.5. The molecule has 11 heteroatoms. The molecule has 0 aromatic heterocycles. The first-order chi connectivity index (χ1) is 19.0. The maximum atomic E-state index is 10.8. The minimum absolute atomic E-state index is 0. The number of fused-ring (bicyclic) bond motifs is 2. The number of aromatic carboxylic acids is 2. The Morgan fingerprint density at radius 3 is 1.22 bits per heavy atom. The molecule has 4 rings (SSSR count). The summed E-state index contributed by atoms with van der Waals surface area (Å²) in [5.74, 6) is -4.29. The predicted molar refractivity (Wildman–Crippen MR) is 149 cm³/mol. The molecule has 0 aliphatic rings. The fourth-order valence-electron chi connectivity index (χ4n) is 3.28. The summed E-state index contributed by atoms with van der Waals surface area (Å²) in [5.41, 5.74) is 0.719. The van der Waals surface area contributed by atoms with Gasteiger partial charge in [-0.3, -0.25) is 0 Å². The third-order valence-electron chi connectivity index (χ3n) is 6.10. The molecule has 0 spiro atoms. The monoisotopic (exact) mass is 613 g/mol. The smallest absolute Gasteiger partial charge is 0.336 e. The Hall–Kier alpha value is -3.39. The van der Waals surface area contributed by atoms with Crippen molar-refractivity contribution in [1.29, 1.82) is 0 Å². The molecule has 41 heavy (non-hydrogen) atoms. The van der Waals surface area contributed by atoms with Gasteiger partial charge in [0.1, 0.15) is 0 Å². The van der Waals surface area contributed by atoms with Gasteiger partial charge in [-0.15, -0.1) is 0 Å². The molecule has 223 valence electrons. The van der Waals surface area contributed by atoms with Crippen molar-refractivity contribution in [2.45, 2.75) is 52.1 Å². The Morgan fingerprint density at radius 2 is 0.927 bits per heavy atom. The van der Waals surface area contributed by atoms with E-state index in [0.717, 1.165) is 21.5 Å². The molecule has 1 radical (unpaired) electrons. The summed E-state index contributed by atoms with van der Waals surface area (Å²) in [6, 6.07) is 25.5. The van der Waals surface area contributed by atoms with E-state index in [1.807, 2.05) is 60.7 Å². The van der Waals surface area contributed by atoms with Gasteiger partial charge in [-0.25, -0.2) is 29.9 Å². The number of carbonyl (C=O) groups is 2. The first kappa shape index (κ1) is 35.6. The molecule has 10 nitrogen and oxygen atoms in total. The Labute approximate surface area is 248 Å². The van der Waals surface area contributed by atoms with Crippen molar-refractivity contribution in [3.63, 3.8) is 0 Å². The second-order valence-corrected chi connectivity index (χ2v) is 8.99. The van der Waals surface area contributed by atoms with Crippen molar-refractivity contribution in [1.82, 2.24) is 0 Å². The molecule has 0 fully saturated rings. The average Bonchev–Trinajstić information content (AvgIpc) is 2.99. The molecule has 0 aliphatic carbocycles. The average molecular weight is 614 g/mol. The summed E-state index contributed by atoms with van der Waals surface area (Å²) in [4.78, 5) is 39.4. The van der Waals surface area contributed by atoms with Crippen molar-refractivity contribution in [3.8, 4) is 0 Å². The second-order valence-electron chi connectivity index (χ2n) is 8.99. The molecular weight excluding hydrogens is 579 g/mol. The van der Waals surface area contributed by atoms with Crippen LogP contribution in [0.25, 0.3) is 21.5 Å². The second kappa shape index (κ2) is 16.8. The van der Waals surface area contributed by atoms with E-state index in [4.69, 9.17) is 30.5 Å². The van der Waals surface area contributed by atoms with E-state index in [2.05, 4.69) is 9.78 Å². The van der Waals surface area contributed by atoms with E-state index >= 15 is 0 Å². The van der Waals surface area contributed by atoms with Gasteiger partial charge >= 0.3 is 11.9 Å². The molecule has 0 bridgehead atoms. The molecule has 0 heterocycles. The van der Waals surface area contributed by atoms with Gasteiger partial charge in [-0.2, -0.15) is 9.78 Å². The van der Waals surface area contributed by atoms with Gasteiger partial charge in [0.2, 0.25) is 11.6 Å². The van der Waals surface area contributed by atoms with E-state index < -0.39 is 23.5 Å². The number of carboxylic acids is 2. The van der Waals surface area contributed by atoms with Gasteiger partial charge < -0.3 is 10.2 Å². The van der Waals surface area contributed by atoms with Gasteiger partial charge in [0.25, 0.3) is 0 Å². The van der Waals surface area contributed by atoms with Crippen molar-refractivity contribution in [3.05, 3.63) is 96.1 Å². The molecule has 4 N–H and O–H groups in total. The van der Waals surface area contributed by atoms with Crippen LogP contribution in [0.4, 0.5) is 0 Å². The summed E-state index contributed by atoms with van der Waals surface area (Å²) in [6.07, 6.45) is 0.740. The largest absolute Gasteiger partial charge is 0.478 e. The van der Waals surface area contributed by atoms with Crippen LogP contribution in [0, 0.1) is 0 Å². The van der Waals surface area contributed by atoms with E-state index in [-0.39, 0.29) is 16.8 Å². The van der Waals surface area contributed by atoms with Gasteiger partial charge in [-0.1, -0.05) is 86.6 Å². The van der Waals surface area contributed by atoms with Gasteiger partial charge in [0.05, 0.1) is 11.1 Å². The maximum Gasteiger partial charge on any atom is 0.336 e. The first-order valence-electron chi connectivity index (χ1n) is 12.5. The Bertz CT molecular complexity index is 1280. The third kappa shape index (κ3) is 10.2. The molecule has 0 saturated carbocycles. The molecule has 0 aliphatic heterocycles. The zero-order chi connectivity index (χ0) is 29.8. The fourth-order valence-corrected chi connectivity index (χ4v) is 3.28. The Kier molecular flexibility index (Phi) is 14.6. The summed E-state index contributed by atoms with van der Waals surface area (Å²) in [7, 11) is 0. The molecule has 4 aromatic carbocycles. The number of benzene rings is 4. The molecule has 0 saturated heterocycles. The van der Waals surface area contributed by atoms with Crippen LogP contribution in [0.3, 0.4) is 0 Å². The molecule has 2 atom stereocenters. The Balaban J connectivity index is 0.000000304. The number of hydrogen-bond acceptors (Lipinski definition) is 8. The van der Waals surface area contributed by atoms with Crippen LogP contribution in [-0.4, -0.2) is 44.2 Å². The summed E-state index contributed by atoms with van der Waals surface area (Å²) in [6.45, 7) is 6.45. The topological polar surface area (TPSA) is 152 Å². The fraction of sp³-hybridized carbons (Fsp3) is 0.267. The molecule has 0 amide bonds. The van der Waals surface area contributed by atoms with Crippen LogP contribution in [0.5, 0.6) is 0 Å². The Morgan fingerprint density at radius 1 is 0.610 bits per heavy atom. The van der Waals surface area contributed by atoms with Crippen molar-refractivity contribution < 1.29 is 66.6 Å². The van der Waals surface area contributed by atoms with E-state index in [1.54, 1.807) is 38.1 Å². The molecular formula is C30H34CoO10. The number of carboxylic acid groups (broad SMARTS) is 2. The number of rotatable bonds is 9. The standard InChI is InChI=1S/2C11H8O2.C8H18O6.Co/c2*12-11(13)10-7-3-5-8-4-1-2-6-9(8)10;1-5-7(3,11-9)13-14-8(4,6-2)12-10;/h2*1-7H,(H,12,13);9-10H,5-6H2,1-4H3;. The van der Waals surface area contributed by atoms with Crippen LogP contribution >= 0.6 is 0 Å². The van der Waals surface area contributed by atoms with E-state index in [9.17, 15) is 9.59 Å².